The van der Waals surface area contributed by atoms with Crippen LogP contribution in [0, 0.1) is 0 Å². The van der Waals surface area contributed by atoms with Crippen LogP contribution in [0.25, 0.3) is 10.9 Å². The van der Waals surface area contributed by atoms with Gasteiger partial charge < -0.3 is 14.8 Å². The van der Waals surface area contributed by atoms with Crippen LogP contribution in [-0.2, 0) is 0 Å². The number of benzene rings is 1. The average Bonchev–Trinajstić information content (AvgIpc) is 2.61. The van der Waals surface area contributed by atoms with Crippen LogP contribution in [0.3, 0.4) is 0 Å². The van der Waals surface area contributed by atoms with Gasteiger partial charge in [0.1, 0.15) is 5.56 Å². The zero-order valence-electron chi connectivity index (χ0n) is 14.9. The highest BCUT2D eigenvalue weighted by atomic mass is 16.2. The largest absolute Gasteiger partial charge is 0.360 e. The molecule has 0 radical (unpaired) electrons. The van der Waals surface area contributed by atoms with E-state index >= 15 is 0 Å². The minimum Gasteiger partial charge on any atom is -0.360 e. The lowest BCUT2D eigenvalue weighted by Crippen LogP contribution is -2.55. The van der Waals surface area contributed by atoms with E-state index in [1.165, 1.54) is 19.3 Å². The Bertz CT molecular complexity index is 845. The van der Waals surface area contributed by atoms with Gasteiger partial charge in [-0.1, -0.05) is 18.6 Å². The second-order valence-corrected chi connectivity index (χ2v) is 7.52. The maximum atomic E-state index is 13.0. The van der Waals surface area contributed by atoms with Crippen molar-refractivity contribution in [2.24, 2.45) is 0 Å². The van der Waals surface area contributed by atoms with E-state index in [4.69, 9.17) is 0 Å². The quantitative estimate of drug-likeness (QED) is 0.915. The number of hydrogen-bond donors (Lipinski definition) is 1. The molecule has 2 atom stereocenters. The highest BCUT2D eigenvalue weighted by Gasteiger charge is 2.38. The topological polar surface area (TPSA) is 56.4 Å². The monoisotopic (exact) mass is 339 g/mol. The first-order chi connectivity index (χ1) is 12.1. The molecule has 2 aromatic rings. The SMILES string of the molecule is CN(C(=O)c1c[nH]c2ccccc2c1=O)C1CC2CCCC(C1)N2C. The first kappa shape index (κ1) is 16.3. The number of nitrogens with zero attached hydrogens (tertiary/aromatic N) is 2. The summed E-state index contributed by atoms with van der Waals surface area (Å²) in [5.41, 5.74) is 0.824. The highest BCUT2D eigenvalue weighted by Crippen LogP contribution is 2.34. The third-order valence-electron chi connectivity index (χ3n) is 6.20. The number of H-pyrrole nitrogens is 1. The Balaban J connectivity index is 1.61. The Morgan fingerprint density at radius 1 is 1.20 bits per heavy atom. The number of aromatic nitrogens is 1. The van der Waals surface area contributed by atoms with E-state index in [1.54, 1.807) is 17.2 Å². The molecule has 1 N–H and O–H groups in total. The number of amides is 1. The van der Waals surface area contributed by atoms with Crippen LogP contribution in [0.4, 0.5) is 0 Å². The number of carbonyl (C=O) groups is 1. The summed E-state index contributed by atoms with van der Waals surface area (Å²) in [4.78, 5) is 33.1. The molecule has 4 rings (SSSR count). The fourth-order valence-electron chi connectivity index (χ4n) is 4.59. The van der Waals surface area contributed by atoms with Gasteiger partial charge in [-0.15, -0.1) is 0 Å². The van der Waals surface area contributed by atoms with Gasteiger partial charge in [-0.2, -0.15) is 0 Å². The Labute approximate surface area is 147 Å². The molecule has 132 valence electrons. The fourth-order valence-corrected chi connectivity index (χ4v) is 4.59. The van der Waals surface area contributed by atoms with Crippen molar-refractivity contribution in [1.29, 1.82) is 0 Å². The summed E-state index contributed by atoms with van der Waals surface area (Å²) in [5, 5.41) is 0.571. The van der Waals surface area contributed by atoms with Crippen molar-refractivity contribution < 1.29 is 4.79 Å². The van der Waals surface area contributed by atoms with Crippen LogP contribution >= 0.6 is 0 Å². The van der Waals surface area contributed by atoms with Crippen LogP contribution in [0.1, 0.15) is 42.5 Å². The van der Waals surface area contributed by atoms with E-state index in [1.807, 2.05) is 25.2 Å². The summed E-state index contributed by atoms with van der Waals surface area (Å²) in [6.07, 6.45) is 7.28. The number of nitrogens with one attached hydrogen (secondary N) is 1. The average molecular weight is 339 g/mol. The van der Waals surface area contributed by atoms with E-state index in [0.717, 1.165) is 18.4 Å². The minimum atomic E-state index is -0.181. The van der Waals surface area contributed by atoms with E-state index in [2.05, 4.69) is 16.9 Å². The number of piperidine rings is 2. The molecule has 25 heavy (non-hydrogen) atoms. The molecule has 0 aliphatic carbocycles. The van der Waals surface area contributed by atoms with Gasteiger partial charge in [-0.25, -0.2) is 0 Å². The Morgan fingerprint density at radius 3 is 2.60 bits per heavy atom. The summed E-state index contributed by atoms with van der Waals surface area (Å²) < 4.78 is 0. The number of aromatic amines is 1. The lowest BCUT2D eigenvalue weighted by Gasteiger charge is -2.49. The number of fused-ring (bicyclic) bond motifs is 3. The van der Waals surface area contributed by atoms with Gasteiger partial charge >= 0.3 is 0 Å². The van der Waals surface area contributed by atoms with E-state index in [9.17, 15) is 9.59 Å². The zero-order valence-corrected chi connectivity index (χ0v) is 14.9. The molecule has 2 fully saturated rings. The Morgan fingerprint density at radius 2 is 1.88 bits per heavy atom. The highest BCUT2D eigenvalue weighted by molar-refractivity contribution is 5.97. The molecule has 1 aromatic heterocycles. The molecule has 5 heteroatoms. The van der Waals surface area contributed by atoms with Gasteiger partial charge in [-0.3, -0.25) is 9.59 Å². The summed E-state index contributed by atoms with van der Waals surface area (Å²) in [6.45, 7) is 0. The lowest BCUT2D eigenvalue weighted by atomic mass is 9.81. The van der Waals surface area contributed by atoms with Gasteiger partial charge in [0.05, 0.1) is 0 Å². The van der Waals surface area contributed by atoms with Crippen molar-refractivity contribution in [1.82, 2.24) is 14.8 Å². The van der Waals surface area contributed by atoms with Crippen LogP contribution < -0.4 is 5.43 Å². The van der Waals surface area contributed by atoms with Gasteiger partial charge in [0.15, 0.2) is 0 Å². The lowest BCUT2D eigenvalue weighted by molar-refractivity contribution is 0.0163. The summed E-state index contributed by atoms with van der Waals surface area (Å²) in [7, 11) is 4.06. The Hall–Kier alpha value is -2.14. The van der Waals surface area contributed by atoms with Crippen molar-refractivity contribution in [2.75, 3.05) is 14.1 Å². The van der Waals surface area contributed by atoms with Crippen LogP contribution in [-0.4, -0.2) is 52.9 Å². The summed E-state index contributed by atoms with van der Waals surface area (Å²) in [6, 6.07) is 8.66. The number of para-hydroxylation sites is 1. The van der Waals surface area contributed by atoms with Crippen molar-refractivity contribution >= 4 is 16.8 Å². The predicted molar refractivity (Wildman–Crippen MR) is 98.9 cm³/mol. The molecular formula is C20H25N3O2. The molecule has 5 nitrogen and oxygen atoms in total. The second kappa shape index (κ2) is 6.30. The molecule has 1 amide bonds. The molecule has 2 aliphatic heterocycles. The van der Waals surface area contributed by atoms with Crippen molar-refractivity contribution in [2.45, 2.75) is 50.2 Å². The molecule has 2 unspecified atom stereocenters. The molecule has 1 aromatic carbocycles. The van der Waals surface area contributed by atoms with Crippen LogP contribution in [0.2, 0.25) is 0 Å². The summed E-state index contributed by atoms with van der Waals surface area (Å²) >= 11 is 0. The number of carbonyl (C=O) groups excluding carboxylic acids is 1. The molecule has 0 spiro atoms. The standard InChI is InChI=1S/C20H25N3O2/c1-22-13-6-5-7-14(22)11-15(10-13)23(2)20(25)17-12-21-18-9-4-3-8-16(18)19(17)24/h3-4,8-9,12-15H,5-7,10-11H2,1-2H3,(H,21,24). The first-order valence-electron chi connectivity index (χ1n) is 9.16. The van der Waals surface area contributed by atoms with Gasteiger partial charge in [0, 0.05) is 42.3 Å². The van der Waals surface area contributed by atoms with Crippen LogP contribution in [0.5, 0.6) is 0 Å². The summed E-state index contributed by atoms with van der Waals surface area (Å²) in [5.74, 6) is -0.167. The molecular weight excluding hydrogens is 314 g/mol. The van der Waals surface area contributed by atoms with Crippen molar-refractivity contribution in [3.8, 4) is 0 Å². The van der Waals surface area contributed by atoms with Crippen molar-refractivity contribution in [3.63, 3.8) is 0 Å². The molecule has 2 bridgehead atoms. The van der Waals surface area contributed by atoms with Gasteiger partial charge in [-0.05, 0) is 44.9 Å². The smallest absolute Gasteiger partial charge is 0.259 e. The zero-order chi connectivity index (χ0) is 17.6. The van der Waals surface area contributed by atoms with Crippen LogP contribution in [0.15, 0.2) is 35.3 Å². The fraction of sp³-hybridized carbons (Fsp3) is 0.500. The first-order valence-corrected chi connectivity index (χ1v) is 9.16. The Kier molecular flexibility index (Phi) is 4.12. The molecule has 2 aliphatic rings. The number of pyridine rings is 1. The molecule has 2 saturated heterocycles. The maximum absolute atomic E-state index is 13.0. The van der Waals surface area contributed by atoms with Gasteiger partial charge in [0.2, 0.25) is 5.43 Å². The second-order valence-electron chi connectivity index (χ2n) is 7.52. The minimum absolute atomic E-state index is 0.167. The molecule has 3 heterocycles. The third-order valence-corrected chi connectivity index (χ3v) is 6.20. The molecule has 0 saturated carbocycles. The number of rotatable bonds is 2. The number of hydrogen-bond acceptors (Lipinski definition) is 3. The van der Waals surface area contributed by atoms with E-state index in [0.29, 0.717) is 17.5 Å². The van der Waals surface area contributed by atoms with Gasteiger partial charge in [0.25, 0.3) is 5.91 Å². The van der Waals surface area contributed by atoms with E-state index < -0.39 is 0 Å². The van der Waals surface area contributed by atoms with Crippen molar-refractivity contribution in [3.05, 3.63) is 46.2 Å². The van der Waals surface area contributed by atoms with E-state index in [-0.39, 0.29) is 22.9 Å². The predicted octanol–water partition coefficient (Wildman–Crippen LogP) is 2.62. The normalized spacial score (nSPS) is 26.6. The third kappa shape index (κ3) is 2.76. The maximum Gasteiger partial charge on any atom is 0.259 e.